The Bertz CT molecular complexity index is 963. The number of hydrogen-bond donors (Lipinski definition) is 0. The molecule has 1 heterocycles. The predicted molar refractivity (Wildman–Crippen MR) is 85.9 cm³/mol. The van der Waals surface area contributed by atoms with Gasteiger partial charge in [-0.1, -0.05) is 34.4 Å². The molecule has 0 aliphatic heterocycles. The van der Waals surface area contributed by atoms with Crippen LogP contribution in [0, 0.1) is 11.3 Å². The lowest BCUT2D eigenvalue weighted by atomic mass is 10.1. The van der Waals surface area contributed by atoms with Crippen molar-refractivity contribution >= 4 is 29.2 Å². The van der Waals surface area contributed by atoms with Crippen LogP contribution in [0.2, 0.25) is 10.0 Å². The molecule has 0 radical (unpaired) electrons. The fourth-order valence-electron chi connectivity index (χ4n) is 1.88. The highest BCUT2D eigenvalue weighted by molar-refractivity contribution is 6.35. The minimum atomic E-state index is -0.610. The van der Waals surface area contributed by atoms with Gasteiger partial charge in [-0.25, -0.2) is 4.79 Å². The van der Waals surface area contributed by atoms with E-state index in [0.717, 1.165) is 0 Å². The average Bonchev–Trinajstić information content (AvgIpc) is 3.06. The summed E-state index contributed by atoms with van der Waals surface area (Å²) in [6, 6.07) is 12.7. The maximum atomic E-state index is 12.3. The van der Waals surface area contributed by atoms with Crippen molar-refractivity contribution in [3.05, 3.63) is 64.0 Å². The highest BCUT2D eigenvalue weighted by Crippen LogP contribution is 2.28. The molecule has 118 valence electrons. The summed E-state index contributed by atoms with van der Waals surface area (Å²) >= 11 is 11.8. The van der Waals surface area contributed by atoms with Crippen molar-refractivity contribution in [3.8, 4) is 23.3 Å². The number of halogens is 2. The largest absolute Gasteiger partial charge is 0.421 e. The molecule has 0 bridgehead atoms. The van der Waals surface area contributed by atoms with Crippen molar-refractivity contribution in [1.82, 2.24) is 10.2 Å². The molecule has 0 spiro atoms. The molecular formula is C16H7Cl2N3O3. The van der Waals surface area contributed by atoms with E-state index in [1.807, 2.05) is 0 Å². The van der Waals surface area contributed by atoms with Crippen LogP contribution in [0.15, 0.2) is 46.9 Å². The Morgan fingerprint density at radius 1 is 1.17 bits per heavy atom. The van der Waals surface area contributed by atoms with Crippen LogP contribution in [0.4, 0.5) is 0 Å². The molecule has 3 rings (SSSR count). The summed E-state index contributed by atoms with van der Waals surface area (Å²) in [5.74, 6) is -0.446. The van der Waals surface area contributed by atoms with E-state index in [4.69, 9.17) is 37.6 Å². The molecule has 24 heavy (non-hydrogen) atoms. The van der Waals surface area contributed by atoms with Crippen molar-refractivity contribution in [1.29, 1.82) is 5.26 Å². The Balaban J connectivity index is 1.85. The van der Waals surface area contributed by atoms with Crippen molar-refractivity contribution in [2.24, 2.45) is 0 Å². The summed E-state index contributed by atoms with van der Waals surface area (Å²) < 4.78 is 10.4. The monoisotopic (exact) mass is 359 g/mol. The third-order valence-electron chi connectivity index (χ3n) is 2.96. The highest BCUT2D eigenvalue weighted by Gasteiger charge is 2.14. The molecule has 0 unspecified atom stereocenters. The lowest BCUT2D eigenvalue weighted by molar-refractivity contribution is 0.0735. The number of esters is 1. The quantitative estimate of drug-likeness (QED) is 0.515. The van der Waals surface area contributed by atoms with Crippen LogP contribution in [-0.4, -0.2) is 16.2 Å². The first-order valence-corrected chi connectivity index (χ1v) is 7.33. The molecule has 2 aromatic carbocycles. The molecular weight excluding hydrogens is 353 g/mol. The van der Waals surface area contributed by atoms with Gasteiger partial charge in [0.05, 0.1) is 10.6 Å². The Morgan fingerprint density at radius 3 is 2.71 bits per heavy atom. The minimum absolute atomic E-state index is 0.130. The van der Waals surface area contributed by atoms with Gasteiger partial charge < -0.3 is 9.15 Å². The summed E-state index contributed by atoms with van der Waals surface area (Å²) in [5.41, 5.74) is 0.746. The molecule has 0 aliphatic carbocycles. The van der Waals surface area contributed by atoms with Crippen LogP contribution in [0.1, 0.15) is 16.2 Å². The van der Waals surface area contributed by atoms with Gasteiger partial charge in [0.1, 0.15) is 5.75 Å². The fourth-order valence-corrected chi connectivity index (χ4v) is 2.33. The number of hydrogen-bond acceptors (Lipinski definition) is 6. The second-order valence-electron chi connectivity index (χ2n) is 4.57. The Hall–Kier alpha value is -2.88. The third kappa shape index (κ3) is 3.38. The predicted octanol–water partition coefficient (Wildman–Crippen LogP) is 4.13. The molecule has 0 aliphatic rings. The van der Waals surface area contributed by atoms with Crippen LogP contribution in [-0.2, 0) is 0 Å². The summed E-state index contributed by atoms with van der Waals surface area (Å²) in [6.07, 6.45) is 0. The number of rotatable bonds is 3. The average molecular weight is 360 g/mol. The van der Waals surface area contributed by atoms with Crippen LogP contribution >= 0.6 is 23.2 Å². The Morgan fingerprint density at radius 2 is 2.00 bits per heavy atom. The highest BCUT2D eigenvalue weighted by atomic mass is 35.5. The van der Waals surface area contributed by atoms with Gasteiger partial charge >= 0.3 is 11.9 Å². The van der Waals surface area contributed by atoms with E-state index in [-0.39, 0.29) is 28.1 Å². The lowest BCUT2D eigenvalue weighted by Crippen LogP contribution is -2.08. The molecule has 6 nitrogen and oxygen atoms in total. The lowest BCUT2D eigenvalue weighted by Gasteiger charge is -2.07. The summed E-state index contributed by atoms with van der Waals surface area (Å²) in [7, 11) is 0. The van der Waals surface area contributed by atoms with E-state index in [1.54, 1.807) is 30.3 Å². The van der Waals surface area contributed by atoms with E-state index < -0.39 is 5.97 Å². The van der Waals surface area contributed by atoms with Crippen molar-refractivity contribution in [2.75, 3.05) is 0 Å². The first-order valence-electron chi connectivity index (χ1n) is 6.58. The minimum Gasteiger partial charge on any atom is -0.421 e. The van der Waals surface area contributed by atoms with Gasteiger partial charge in [-0.15, -0.1) is 5.10 Å². The smallest absolute Gasteiger partial charge is 0.343 e. The first-order chi connectivity index (χ1) is 11.6. The topological polar surface area (TPSA) is 89.0 Å². The number of benzene rings is 2. The number of ether oxygens (including phenoxy) is 1. The van der Waals surface area contributed by atoms with Crippen LogP contribution < -0.4 is 4.74 Å². The second kappa shape index (κ2) is 6.71. The molecule has 8 heteroatoms. The van der Waals surface area contributed by atoms with Crippen molar-refractivity contribution in [3.63, 3.8) is 0 Å². The van der Waals surface area contributed by atoms with E-state index in [2.05, 4.69) is 10.2 Å². The van der Waals surface area contributed by atoms with E-state index >= 15 is 0 Å². The van der Waals surface area contributed by atoms with Crippen molar-refractivity contribution < 1.29 is 13.9 Å². The maximum absolute atomic E-state index is 12.3. The zero-order valence-corrected chi connectivity index (χ0v) is 13.4. The summed E-state index contributed by atoms with van der Waals surface area (Å²) in [4.78, 5) is 12.3. The summed E-state index contributed by atoms with van der Waals surface area (Å²) in [5, 5.41) is 16.7. The second-order valence-corrected chi connectivity index (χ2v) is 5.41. The van der Waals surface area contributed by atoms with Gasteiger partial charge in [-0.3, -0.25) is 0 Å². The van der Waals surface area contributed by atoms with Crippen LogP contribution in [0.25, 0.3) is 11.5 Å². The molecule has 0 N–H and O–H groups in total. The number of nitrogens with zero attached hydrogens (tertiary/aromatic N) is 3. The molecule has 0 atom stereocenters. The third-order valence-corrected chi connectivity index (χ3v) is 3.49. The fraction of sp³-hybridized carbons (Fsp3) is 0. The van der Waals surface area contributed by atoms with Gasteiger partial charge in [0, 0.05) is 10.6 Å². The van der Waals surface area contributed by atoms with Gasteiger partial charge in [0.2, 0.25) is 5.89 Å². The van der Waals surface area contributed by atoms with Gasteiger partial charge in [-0.05, 0) is 36.4 Å². The molecule has 0 saturated carbocycles. The number of aromatic nitrogens is 2. The van der Waals surface area contributed by atoms with Crippen molar-refractivity contribution in [2.45, 2.75) is 0 Å². The van der Waals surface area contributed by atoms with Gasteiger partial charge in [-0.2, -0.15) is 5.26 Å². The maximum Gasteiger partial charge on any atom is 0.343 e. The number of nitriles is 1. The van der Waals surface area contributed by atoms with E-state index in [1.165, 1.54) is 18.2 Å². The Kier molecular flexibility index (Phi) is 4.47. The molecule has 3 aromatic rings. The summed E-state index contributed by atoms with van der Waals surface area (Å²) in [6.45, 7) is 0. The van der Waals surface area contributed by atoms with Crippen LogP contribution in [0.5, 0.6) is 5.75 Å². The number of carbonyl (C=O) groups excluding carboxylic acids is 1. The van der Waals surface area contributed by atoms with E-state index in [0.29, 0.717) is 10.6 Å². The molecule has 1 aromatic heterocycles. The molecule has 0 amide bonds. The van der Waals surface area contributed by atoms with Gasteiger partial charge in [0.15, 0.2) is 6.07 Å². The standard InChI is InChI=1S/C16H7Cl2N3O3/c17-11-4-5-13(12(18)7-11)23-16(22)10-3-1-2-9(6-10)15-21-20-14(8-19)24-15/h1-7H. The van der Waals surface area contributed by atoms with Gasteiger partial charge in [0.25, 0.3) is 0 Å². The normalized spacial score (nSPS) is 10.2. The Labute approximate surface area is 146 Å². The SMILES string of the molecule is N#Cc1nnc(-c2cccc(C(=O)Oc3ccc(Cl)cc3Cl)c2)o1. The molecule has 0 fully saturated rings. The number of carbonyl (C=O) groups is 1. The zero-order chi connectivity index (χ0) is 17.1. The zero-order valence-electron chi connectivity index (χ0n) is 11.9. The van der Waals surface area contributed by atoms with Crippen LogP contribution in [0.3, 0.4) is 0 Å². The first kappa shape index (κ1) is 16.0. The van der Waals surface area contributed by atoms with E-state index in [9.17, 15) is 4.79 Å². The molecule has 0 saturated heterocycles.